The summed E-state index contributed by atoms with van der Waals surface area (Å²) in [5.74, 6) is -0.492. The number of aromatic amines is 1. The highest BCUT2D eigenvalue weighted by atomic mass is 19.4. The third-order valence-electron chi connectivity index (χ3n) is 2.36. The van der Waals surface area contributed by atoms with Gasteiger partial charge >= 0.3 is 6.18 Å². The Morgan fingerprint density at radius 1 is 1.32 bits per heavy atom. The summed E-state index contributed by atoms with van der Waals surface area (Å²) in [7, 11) is 0. The van der Waals surface area contributed by atoms with Gasteiger partial charge in [-0.1, -0.05) is 13.8 Å². The Balaban J connectivity index is 2.79. The number of nitrogens with zero attached hydrogens (tertiary/aromatic N) is 3. The molecule has 0 spiro atoms. The molecule has 0 saturated carbocycles. The van der Waals surface area contributed by atoms with Crippen LogP contribution in [0.2, 0.25) is 0 Å². The molecule has 1 aromatic heterocycles. The van der Waals surface area contributed by atoms with Crippen molar-refractivity contribution >= 4 is 5.91 Å². The van der Waals surface area contributed by atoms with Gasteiger partial charge in [0, 0.05) is 13.0 Å². The van der Waals surface area contributed by atoms with Gasteiger partial charge < -0.3 is 4.90 Å². The minimum Gasteiger partial charge on any atom is -0.327 e. The van der Waals surface area contributed by atoms with Gasteiger partial charge in [-0.2, -0.15) is 13.2 Å². The highest BCUT2D eigenvalue weighted by Gasteiger charge is 2.34. The number of amides is 1. The zero-order chi connectivity index (χ0) is 14.5. The van der Waals surface area contributed by atoms with Crippen LogP contribution in [0.5, 0.6) is 0 Å². The number of carbonyl (C=O) groups is 1. The minimum absolute atomic E-state index is 0.0238. The minimum atomic E-state index is -4.42. The van der Waals surface area contributed by atoms with Crippen LogP contribution in [0, 0.1) is 0 Å². The second-order valence-corrected chi connectivity index (χ2v) is 4.20. The van der Waals surface area contributed by atoms with Gasteiger partial charge in [0.05, 0.1) is 0 Å². The molecule has 1 rings (SSSR count). The second kappa shape index (κ2) is 6.53. The summed E-state index contributed by atoms with van der Waals surface area (Å²) < 4.78 is 37.2. The molecule has 0 unspecified atom stereocenters. The molecule has 108 valence electrons. The van der Waals surface area contributed by atoms with Crippen LogP contribution >= 0.6 is 0 Å². The molecule has 0 aliphatic carbocycles. The van der Waals surface area contributed by atoms with Gasteiger partial charge in [0.2, 0.25) is 5.82 Å². The molecule has 0 bridgehead atoms. The average Bonchev–Trinajstić information content (AvgIpc) is 2.75. The summed E-state index contributed by atoms with van der Waals surface area (Å²) in [4.78, 5) is 16.5. The predicted octanol–water partition coefficient (Wildman–Crippen LogP) is 2.17. The molecular weight excluding hydrogens is 261 g/mol. The number of nitrogens with one attached hydrogen (secondary N) is 1. The fourth-order valence-electron chi connectivity index (χ4n) is 1.62. The van der Waals surface area contributed by atoms with E-state index in [4.69, 9.17) is 0 Å². The Bertz CT molecular complexity index is 416. The van der Waals surface area contributed by atoms with E-state index in [1.165, 1.54) is 0 Å². The largest absolute Gasteiger partial charge is 0.406 e. The standard InChI is InChI=1S/C11H17F3N4O/c1-3-5-8-15-9(17-16-8)10(19)18(6-4-2)7-11(12,13)14/h3-7H2,1-2H3,(H,15,16,17). The molecule has 19 heavy (non-hydrogen) atoms. The lowest BCUT2D eigenvalue weighted by Gasteiger charge is -2.21. The van der Waals surface area contributed by atoms with Crippen molar-refractivity contribution in [1.29, 1.82) is 0 Å². The number of H-pyrrole nitrogens is 1. The van der Waals surface area contributed by atoms with E-state index < -0.39 is 18.6 Å². The number of aromatic nitrogens is 3. The van der Waals surface area contributed by atoms with Gasteiger partial charge in [0.1, 0.15) is 12.4 Å². The highest BCUT2D eigenvalue weighted by Crippen LogP contribution is 2.17. The lowest BCUT2D eigenvalue weighted by atomic mass is 10.3. The lowest BCUT2D eigenvalue weighted by Crippen LogP contribution is -2.40. The third kappa shape index (κ3) is 4.88. The number of hydrogen-bond donors (Lipinski definition) is 1. The van der Waals surface area contributed by atoms with Crippen LogP contribution < -0.4 is 0 Å². The second-order valence-electron chi connectivity index (χ2n) is 4.20. The highest BCUT2D eigenvalue weighted by molar-refractivity contribution is 5.90. The van der Waals surface area contributed by atoms with Crippen LogP contribution in [0.4, 0.5) is 13.2 Å². The molecule has 0 aromatic carbocycles. The lowest BCUT2D eigenvalue weighted by molar-refractivity contribution is -0.140. The first-order valence-electron chi connectivity index (χ1n) is 6.14. The molecule has 1 aromatic rings. The SMILES string of the molecule is CCCc1nc(C(=O)N(CCC)CC(F)(F)F)n[nH]1. The number of rotatable bonds is 6. The smallest absolute Gasteiger partial charge is 0.327 e. The van der Waals surface area contributed by atoms with Crippen molar-refractivity contribution in [2.45, 2.75) is 39.3 Å². The maximum absolute atomic E-state index is 12.4. The first-order valence-corrected chi connectivity index (χ1v) is 6.14. The summed E-state index contributed by atoms with van der Waals surface area (Å²) >= 11 is 0. The molecule has 8 heteroatoms. The molecule has 5 nitrogen and oxygen atoms in total. The number of aryl methyl sites for hydroxylation is 1. The topological polar surface area (TPSA) is 61.9 Å². The number of hydrogen-bond acceptors (Lipinski definition) is 3. The fraction of sp³-hybridized carbons (Fsp3) is 0.727. The fourth-order valence-corrected chi connectivity index (χ4v) is 1.62. The molecule has 0 saturated heterocycles. The normalized spacial score (nSPS) is 11.6. The van der Waals surface area contributed by atoms with Crippen molar-refractivity contribution in [3.05, 3.63) is 11.6 Å². The van der Waals surface area contributed by atoms with Gasteiger partial charge in [-0.3, -0.25) is 9.89 Å². The molecule has 0 fully saturated rings. The van der Waals surface area contributed by atoms with Crippen molar-refractivity contribution < 1.29 is 18.0 Å². The van der Waals surface area contributed by atoms with Crippen LogP contribution in [0.15, 0.2) is 0 Å². The number of halogens is 3. The van der Waals surface area contributed by atoms with Gasteiger partial charge in [-0.25, -0.2) is 4.98 Å². The predicted molar refractivity (Wildman–Crippen MR) is 62.6 cm³/mol. The van der Waals surface area contributed by atoms with Crippen molar-refractivity contribution in [2.75, 3.05) is 13.1 Å². The molecule has 1 amide bonds. The van der Waals surface area contributed by atoms with Crippen molar-refractivity contribution in [3.63, 3.8) is 0 Å². The van der Waals surface area contributed by atoms with Gasteiger partial charge in [-0.15, -0.1) is 5.10 Å². The Labute approximate surface area is 109 Å². The molecule has 1 heterocycles. The van der Waals surface area contributed by atoms with E-state index in [9.17, 15) is 18.0 Å². The Kier molecular flexibility index (Phi) is 5.31. The van der Waals surface area contributed by atoms with Crippen LogP contribution in [0.3, 0.4) is 0 Å². The number of alkyl halides is 3. The zero-order valence-corrected chi connectivity index (χ0v) is 10.9. The average molecular weight is 278 g/mol. The van der Waals surface area contributed by atoms with E-state index >= 15 is 0 Å². The van der Waals surface area contributed by atoms with Crippen molar-refractivity contribution in [1.82, 2.24) is 20.1 Å². The van der Waals surface area contributed by atoms with Crippen molar-refractivity contribution in [3.8, 4) is 0 Å². The van der Waals surface area contributed by atoms with E-state index in [1.807, 2.05) is 6.92 Å². The monoisotopic (exact) mass is 278 g/mol. The summed E-state index contributed by atoms with van der Waals surface area (Å²) in [6.07, 6.45) is -2.57. The zero-order valence-electron chi connectivity index (χ0n) is 10.9. The Morgan fingerprint density at radius 3 is 2.53 bits per heavy atom. The molecule has 0 aliphatic rings. The van der Waals surface area contributed by atoms with Crippen LogP contribution in [-0.4, -0.2) is 45.3 Å². The Morgan fingerprint density at radius 2 is 2.00 bits per heavy atom. The molecule has 1 N–H and O–H groups in total. The van der Waals surface area contributed by atoms with Crippen LogP contribution in [-0.2, 0) is 6.42 Å². The van der Waals surface area contributed by atoms with Crippen LogP contribution in [0.1, 0.15) is 43.1 Å². The van der Waals surface area contributed by atoms with Gasteiger partial charge in [0.15, 0.2) is 0 Å². The quantitative estimate of drug-likeness (QED) is 0.867. The third-order valence-corrected chi connectivity index (χ3v) is 2.36. The van der Waals surface area contributed by atoms with E-state index in [2.05, 4.69) is 15.2 Å². The Hall–Kier alpha value is -1.60. The maximum atomic E-state index is 12.4. The van der Waals surface area contributed by atoms with E-state index in [0.717, 1.165) is 11.3 Å². The molecule has 0 radical (unpaired) electrons. The maximum Gasteiger partial charge on any atom is 0.406 e. The molecular formula is C11H17F3N4O. The first-order chi connectivity index (χ1) is 8.87. The molecule has 0 aliphatic heterocycles. The first kappa shape index (κ1) is 15.5. The van der Waals surface area contributed by atoms with Crippen molar-refractivity contribution in [2.24, 2.45) is 0 Å². The van der Waals surface area contributed by atoms with E-state index in [0.29, 0.717) is 18.7 Å². The summed E-state index contributed by atoms with van der Waals surface area (Å²) in [5, 5.41) is 6.23. The summed E-state index contributed by atoms with van der Waals surface area (Å²) in [6.45, 7) is 2.38. The van der Waals surface area contributed by atoms with Crippen LogP contribution in [0.25, 0.3) is 0 Å². The summed E-state index contributed by atoms with van der Waals surface area (Å²) in [5.41, 5.74) is 0. The van der Waals surface area contributed by atoms with E-state index in [1.54, 1.807) is 6.92 Å². The van der Waals surface area contributed by atoms with Gasteiger partial charge in [-0.05, 0) is 12.8 Å². The molecule has 0 atom stereocenters. The van der Waals surface area contributed by atoms with Gasteiger partial charge in [0.25, 0.3) is 5.91 Å². The number of carbonyl (C=O) groups excluding carboxylic acids is 1. The summed E-state index contributed by atoms with van der Waals surface area (Å²) in [6, 6.07) is 0. The van der Waals surface area contributed by atoms with E-state index in [-0.39, 0.29) is 12.4 Å².